The molecule has 0 radical (unpaired) electrons. The summed E-state index contributed by atoms with van der Waals surface area (Å²) in [5.41, 5.74) is 0. The van der Waals surface area contributed by atoms with E-state index in [4.69, 9.17) is 9.84 Å². The fourth-order valence-electron chi connectivity index (χ4n) is 1.12. The fraction of sp³-hybridized carbons (Fsp3) is 0.364. The van der Waals surface area contributed by atoms with E-state index in [1.54, 1.807) is 13.0 Å². The fourth-order valence-corrected chi connectivity index (χ4v) is 2.67. The summed E-state index contributed by atoms with van der Waals surface area (Å²) in [6.45, 7) is 1.58. The predicted octanol–water partition coefficient (Wildman–Crippen LogP) is 1.93. The first-order valence-electron chi connectivity index (χ1n) is 5.00. The van der Waals surface area contributed by atoms with Crippen molar-refractivity contribution in [2.24, 2.45) is 0 Å². The summed E-state index contributed by atoms with van der Waals surface area (Å²) in [7, 11) is 0. The van der Waals surface area contributed by atoms with Gasteiger partial charge >= 0.3 is 0 Å². The Bertz CT molecular complexity index is 380. The molecule has 4 nitrogen and oxygen atoms in total. The number of hydrogen-bond donors (Lipinski definition) is 2. The van der Waals surface area contributed by atoms with Crippen molar-refractivity contribution >= 4 is 44.4 Å². The largest absolute Gasteiger partial charge is 0.484 e. The van der Waals surface area contributed by atoms with E-state index in [2.05, 4.69) is 43.8 Å². The van der Waals surface area contributed by atoms with Crippen molar-refractivity contribution in [2.45, 2.75) is 13.0 Å². The van der Waals surface area contributed by atoms with E-state index in [1.807, 2.05) is 12.1 Å². The third kappa shape index (κ3) is 5.69. The van der Waals surface area contributed by atoms with E-state index in [9.17, 15) is 4.79 Å². The van der Waals surface area contributed by atoms with Crippen molar-refractivity contribution in [2.75, 3.05) is 13.2 Å². The van der Waals surface area contributed by atoms with Gasteiger partial charge in [-0.15, -0.1) is 0 Å². The van der Waals surface area contributed by atoms with Crippen LogP contribution in [0.2, 0.25) is 0 Å². The zero-order valence-electron chi connectivity index (χ0n) is 9.24. The van der Waals surface area contributed by atoms with Crippen molar-refractivity contribution < 1.29 is 14.6 Å². The molecule has 0 aliphatic rings. The molecular weight excluding hydrogens is 401 g/mol. The van der Waals surface area contributed by atoms with Gasteiger partial charge in [-0.3, -0.25) is 4.79 Å². The van der Waals surface area contributed by atoms with Crippen LogP contribution in [0.4, 0.5) is 0 Å². The van der Waals surface area contributed by atoms with Gasteiger partial charge in [-0.25, -0.2) is 0 Å². The molecule has 0 bridgehead atoms. The number of rotatable bonds is 5. The first-order chi connectivity index (χ1) is 8.01. The second kappa shape index (κ2) is 7.17. The molecule has 1 aromatic carbocycles. The topological polar surface area (TPSA) is 58.6 Å². The number of nitrogens with one attached hydrogen (secondary N) is 1. The standard InChI is InChI=1S/C11H13BrINO3/c1-7(5-15)14-11(16)6-17-10-3-8(12)2-9(13)4-10/h2-4,7,15H,5-6H2,1H3,(H,14,16). The molecule has 1 aromatic rings. The number of ether oxygens (including phenoxy) is 1. The molecule has 1 rings (SSSR count). The maximum Gasteiger partial charge on any atom is 0.258 e. The lowest BCUT2D eigenvalue weighted by Crippen LogP contribution is -2.38. The minimum Gasteiger partial charge on any atom is -0.484 e. The van der Waals surface area contributed by atoms with E-state index < -0.39 is 0 Å². The van der Waals surface area contributed by atoms with Gasteiger partial charge in [0.25, 0.3) is 5.91 Å². The second-order valence-corrected chi connectivity index (χ2v) is 5.71. The van der Waals surface area contributed by atoms with E-state index in [-0.39, 0.29) is 25.2 Å². The number of carbonyl (C=O) groups is 1. The van der Waals surface area contributed by atoms with Crippen LogP contribution in [0.3, 0.4) is 0 Å². The predicted molar refractivity (Wildman–Crippen MR) is 77.0 cm³/mol. The van der Waals surface area contributed by atoms with Crippen LogP contribution in [0.1, 0.15) is 6.92 Å². The molecule has 17 heavy (non-hydrogen) atoms. The summed E-state index contributed by atoms with van der Waals surface area (Å²) >= 11 is 5.52. The third-order valence-corrected chi connectivity index (χ3v) is 2.97. The molecule has 0 spiro atoms. The highest BCUT2D eigenvalue weighted by molar-refractivity contribution is 14.1. The molecule has 0 aliphatic carbocycles. The van der Waals surface area contributed by atoms with Gasteiger partial charge in [0.05, 0.1) is 6.61 Å². The monoisotopic (exact) mass is 413 g/mol. The van der Waals surface area contributed by atoms with Crippen molar-refractivity contribution in [3.63, 3.8) is 0 Å². The smallest absolute Gasteiger partial charge is 0.258 e. The molecule has 1 amide bonds. The molecule has 0 fully saturated rings. The summed E-state index contributed by atoms with van der Waals surface area (Å²) in [4.78, 5) is 11.4. The number of benzene rings is 1. The third-order valence-electron chi connectivity index (χ3n) is 1.89. The Morgan fingerprint density at radius 3 is 2.88 bits per heavy atom. The molecule has 0 saturated heterocycles. The number of aliphatic hydroxyl groups is 1. The Morgan fingerprint density at radius 2 is 2.29 bits per heavy atom. The summed E-state index contributed by atoms with van der Waals surface area (Å²) in [6.07, 6.45) is 0. The minimum atomic E-state index is -0.256. The van der Waals surface area contributed by atoms with Crippen LogP contribution in [-0.2, 0) is 4.79 Å². The van der Waals surface area contributed by atoms with Crippen LogP contribution in [-0.4, -0.2) is 30.3 Å². The molecule has 1 unspecified atom stereocenters. The Balaban J connectivity index is 2.47. The van der Waals surface area contributed by atoms with E-state index in [0.29, 0.717) is 5.75 Å². The van der Waals surface area contributed by atoms with Gasteiger partial charge < -0.3 is 15.2 Å². The Labute approximate surface area is 122 Å². The molecule has 0 saturated carbocycles. The zero-order valence-corrected chi connectivity index (χ0v) is 13.0. The average Bonchev–Trinajstić information content (AvgIpc) is 2.25. The molecule has 0 heterocycles. The Hall–Kier alpha value is -0.340. The molecule has 0 aromatic heterocycles. The molecule has 2 N–H and O–H groups in total. The van der Waals surface area contributed by atoms with Crippen LogP contribution < -0.4 is 10.1 Å². The molecule has 0 aliphatic heterocycles. The van der Waals surface area contributed by atoms with Crippen molar-refractivity contribution in [1.82, 2.24) is 5.32 Å². The Morgan fingerprint density at radius 1 is 1.59 bits per heavy atom. The quantitative estimate of drug-likeness (QED) is 0.725. The number of halogens is 2. The normalized spacial score (nSPS) is 12.0. The molecule has 6 heteroatoms. The van der Waals surface area contributed by atoms with Crippen molar-refractivity contribution in [3.8, 4) is 5.75 Å². The summed E-state index contributed by atoms with van der Waals surface area (Å²) < 4.78 is 7.28. The van der Waals surface area contributed by atoms with E-state index >= 15 is 0 Å². The second-order valence-electron chi connectivity index (χ2n) is 3.54. The number of amides is 1. The summed E-state index contributed by atoms with van der Waals surface area (Å²) in [6, 6.07) is 5.33. The van der Waals surface area contributed by atoms with E-state index in [1.165, 1.54) is 0 Å². The SMILES string of the molecule is CC(CO)NC(=O)COc1cc(Br)cc(I)c1. The lowest BCUT2D eigenvalue weighted by atomic mass is 10.3. The number of aliphatic hydroxyl groups excluding tert-OH is 1. The van der Waals surface area contributed by atoms with Gasteiger partial charge in [-0.2, -0.15) is 0 Å². The van der Waals surface area contributed by atoms with Gasteiger partial charge in [0, 0.05) is 14.1 Å². The lowest BCUT2D eigenvalue weighted by molar-refractivity contribution is -0.123. The minimum absolute atomic E-state index is 0.0587. The van der Waals surface area contributed by atoms with E-state index in [0.717, 1.165) is 8.04 Å². The molecular formula is C11H13BrINO3. The van der Waals surface area contributed by atoms with Crippen LogP contribution in [0.5, 0.6) is 5.75 Å². The van der Waals surface area contributed by atoms with Crippen molar-refractivity contribution in [3.05, 3.63) is 26.2 Å². The number of carbonyl (C=O) groups excluding carboxylic acids is 1. The molecule has 94 valence electrons. The molecule has 1 atom stereocenters. The van der Waals surface area contributed by atoms with Crippen LogP contribution in [0.25, 0.3) is 0 Å². The van der Waals surface area contributed by atoms with Crippen LogP contribution in [0, 0.1) is 3.57 Å². The number of hydrogen-bond acceptors (Lipinski definition) is 3. The first kappa shape index (κ1) is 14.7. The van der Waals surface area contributed by atoms with Crippen LogP contribution >= 0.6 is 38.5 Å². The highest BCUT2D eigenvalue weighted by Gasteiger charge is 2.07. The average molecular weight is 414 g/mol. The van der Waals surface area contributed by atoms with Gasteiger partial charge in [0.1, 0.15) is 5.75 Å². The lowest BCUT2D eigenvalue weighted by Gasteiger charge is -2.11. The van der Waals surface area contributed by atoms with Gasteiger partial charge in [-0.05, 0) is 47.7 Å². The first-order valence-corrected chi connectivity index (χ1v) is 6.87. The summed E-state index contributed by atoms with van der Waals surface area (Å²) in [5, 5.41) is 11.4. The van der Waals surface area contributed by atoms with Crippen molar-refractivity contribution in [1.29, 1.82) is 0 Å². The van der Waals surface area contributed by atoms with Gasteiger partial charge in [0.15, 0.2) is 6.61 Å². The highest BCUT2D eigenvalue weighted by Crippen LogP contribution is 2.22. The van der Waals surface area contributed by atoms with Gasteiger partial charge in [0.2, 0.25) is 0 Å². The maximum absolute atomic E-state index is 11.4. The zero-order chi connectivity index (χ0) is 12.8. The Kier molecular flexibility index (Phi) is 6.21. The van der Waals surface area contributed by atoms with Gasteiger partial charge in [-0.1, -0.05) is 15.9 Å². The van der Waals surface area contributed by atoms with Crippen LogP contribution in [0.15, 0.2) is 22.7 Å². The maximum atomic E-state index is 11.4. The summed E-state index contributed by atoms with van der Waals surface area (Å²) in [5.74, 6) is 0.386. The highest BCUT2D eigenvalue weighted by atomic mass is 127.